The lowest BCUT2D eigenvalue weighted by molar-refractivity contribution is -0.121. The van der Waals surface area contributed by atoms with Gasteiger partial charge in [0.15, 0.2) is 0 Å². The van der Waals surface area contributed by atoms with Crippen molar-refractivity contribution in [2.45, 2.75) is 32.1 Å². The lowest BCUT2D eigenvalue weighted by Gasteiger charge is -2.24. The fraction of sp³-hybridized carbons (Fsp3) is 0.348. The predicted octanol–water partition coefficient (Wildman–Crippen LogP) is 3.45. The minimum atomic E-state index is -0.198. The van der Waals surface area contributed by atoms with Gasteiger partial charge in [0.1, 0.15) is 0 Å². The van der Waals surface area contributed by atoms with Crippen molar-refractivity contribution in [1.29, 1.82) is 0 Å². The Morgan fingerprint density at radius 1 is 1.03 bits per heavy atom. The third-order valence-corrected chi connectivity index (χ3v) is 5.64. The Labute approximate surface area is 170 Å². The van der Waals surface area contributed by atoms with Gasteiger partial charge in [0.25, 0.3) is 5.91 Å². The molecule has 1 fully saturated rings. The van der Waals surface area contributed by atoms with Crippen LogP contribution in [0, 0.1) is 5.92 Å². The number of nitrogens with zero attached hydrogens (tertiary/aromatic N) is 1. The van der Waals surface area contributed by atoms with E-state index in [-0.39, 0.29) is 30.1 Å². The van der Waals surface area contributed by atoms with Gasteiger partial charge in [0, 0.05) is 42.4 Å². The minimum absolute atomic E-state index is 0.0266. The molecule has 6 nitrogen and oxygen atoms in total. The molecule has 150 valence electrons. The fourth-order valence-corrected chi connectivity index (χ4v) is 3.97. The van der Waals surface area contributed by atoms with Gasteiger partial charge < -0.3 is 15.5 Å². The normalized spacial score (nSPS) is 18.1. The SMILES string of the molecule is O=C(CC[C@H]1Cc2ccccc2NC1=O)Nc1ccc(C(=O)N2CCCC2)cc1. The Bertz CT molecular complexity index is 917. The zero-order valence-corrected chi connectivity index (χ0v) is 16.3. The van der Waals surface area contributed by atoms with Crippen LogP contribution in [0.3, 0.4) is 0 Å². The van der Waals surface area contributed by atoms with Gasteiger partial charge in [-0.2, -0.15) is 0 Å². The average Bonchev–Trinajstić information content (AvgIpc) is 3.27. The van der Waals surface area contributed by atoms with Gasteiger partial charge >= 0.3 is 0 Å². The van der Waals surface area contributed by atoms with Crippen molar-refractivity contribution in [3.8, 4) is 0 Å². The van der Waals surface area contributed by atoms with Gasteiger partial charge in [-0.25, -0.2) is 0 Å². The summed E-state index contributed by atoms with van der Waals surface area (Å²) in [4.78, 5) is 38.8. The first-order chi connectivity index (χ1) is 14.1. The monoisotopic (exact) mass is 391 g/mol. The molecule has 2 aromatic carbocycles. The van der Waals surface area contributed by atoms with Crippen LogP contribution in [0.25, 0.3) is 0 Å². The minimum Gasteiger partial charge on any atom is -0.339 e. The fourth-order valence-electron chi connectivity index (χ4n) is 3.97. The molecule has 4 rings (SSSR count). The van der Waals surface area contributed by atoms with E-state index in [1.807, 2.05) is 29.2 Å². The average molecular weight is 391 g/mol. The maximum Gasteiger partial charge on any atom is 0.253 e. The van der Waals surface area contributed by atoms with E-state index in [1.54, 1.807) is 24.3 Å². The van der Waals surface area contributed by atoms with Crippen LogP contribution in [0.2, 0.25) is 0 Å². The highest BCUT2D eigenvalue weighted by Crippen LogP contribution is 2.27. The first-order valence-corrected chi connectivity index (χ1v) is 10.2. The van der Waals surface area contributed by atoms with Crippen LogP contribution in [-0.4, -0.2) is 35.7 Å². The number of carbonyl (C=O) groups is 3. The summed E-state index contributed by atoms with van der Waals surface area (Å²) in [6, 6.07) is 14.8. The van der Waals surface area contributed by atoms with Gasteiger partial charge in [-0.1, -0.05) is 18.2 Å². The Hall–Kier alpha value is -3.15. The zero-order chi connectivity index (χ0) is 20.2. The Morgan fingerprint density at radius 2 is 1.76 bits per heavy atom. The van der Waals surface area contributed by atoms with Crippen molar-refractivity contribution in [1.82, 2.24) is 4.90 Å². The molecule has 0 unspecified atom stereocenters. The predicted molar refractivity (Wildman–Crippen MR) is 112 cm³/mol. The summed E-state index contributed by atoms with van der Waals surface area (Å²) in [5.74, 6) is -0.309. The van der Waals surface area contributed by atoms with Gasteiger partial charge in [0.05, 0.1) is 0 Å². The lowest BCUT2D eigenvalue weighted by atomic mass is 9.89. The standard InChI is InChI=1S/C23H25N3O3/c27-21(12-9-18-15-17-5-1-2-6-20(17)25-22(18)28)24-19-10-7-16(8-11-19)23(29)26-13-3-4-14-26/h1-2,5-8,10-11,18H,3-4,9,12-15H2,(H,24,27)(H,25,28)/t18-/m0/s1. The van der Waals surface area contributed by atoms with E-state index in [0.29, 0.717) is 24.1 Å². The highest BCUT2D eigenvalue weighted by Gasteiger charge is 2.26. The van der Waals surface area contributed by atoms with E-state index in [1.165, 1.54) is 0 Å². The molecule has 1 saturated heterocycles. The molecule has 0 radical (unpaired) electrons. The maximum absolute atomic E-state index is 12.4. The van der Waals surface area contributed by atoms with Gasteiger partial charge in [0.2, 0.25) is 11.8 Å². The number of rotatable bonds is 5. The van der Waals surface area contributed by atoms with E-state index in [2.05, 4.69) is 10.6 Å². The first-order valence-electron chi connectivity index (χ1n) is 10.2. The second-order valence-electron chi connectivity index (χ2n) is 7.71. The number of carbonyl (C=O) groups excluding carboxylic acids is 3. The molecule has 2 heterocycles. The lowest BCUT2D eigenvalue weighted by Crippen LogP contribution is -2.30. The van der Waals surface area contributed by atoms with Crippen LogP contribution in [0.4, 0.5) is 11.4 Å². The number of likely N-dealkylation sites (tertiary alicyclic amines) is 1. The summed E-state index contributed by atoms with van der Waals surface area (Å²) in [7, 11) is 0. The van der Waals surface area contributed by atoms with E-state index in [4.69, 9.17) is 0 Å². The summed E-state index contributed by atoms with van der Waals surface area (Å²) in [6.07, 6.45) is 3.55. The summed E-state index contributed by atoms with van der Waals surface area (Å²) in [6.45, 7) is 1.63. The summed E-state index contributed by atoms with van der Waals surface area (Å²) < 4.78 is 0. The first kappa shape index (κ1) is 19.2. The summed E-state index contributed by atoms with van der Waals surface area (Å²) in [5.41, 5.74) is 3.27. The van der Waals surface area contributed by atoms with Crippen LogP contribution >= 0.6 is 0 Å². The molecule has 1 atom stereocenters. The number of benzene rings is 2. The van der Waals surface area contributed by atoms with E-state index in [0.717, 1.165) is 37.2 Å². The second kappa shape index (κ2) is 8.47. The summed E-state index contributed by atoms with van der Waals surface area (Å²) >= 11 is 0. The molecule has 0 bridgehead atoms. The Balaban J connectivity index is 1.28. The van der Waals surface area contributed by atoms with Crippen molar-refractivity contribution in [2.24, 2.45) is 5.92 Å². The third kappa shape index (κ3) is 4.47. The molecule has 0 spiro atoms. The van der Waals surface area contributed by atoms with Crippen molar-refractivity contribution in [3.63, 3.8) is 0 Å². The maximum atomic E-state index is 12.4. The van der Waals surface area contributed by atoms with Crippen molar-refractivity contribution >= 4 is 29.1 Å². The molecular weight excluding hydrogens is 366 g/mol. The molecule has 0 aromatic heterocycles. The number of hydrogen-bond acceptors (Lipinski definition) is 3. The molecule has 2 N–H and O–H groups in total. The van der Waals surface area contributed by atoms with Crippen LogP contribution in [0.5, 0.6) is 0 Å². The van der Waals surface area contributed by atoms with E-state index < -0.39 is 0 Å². The van der Waals surface area contributed by atoms with E-state index in [9.17, 15) is 14.4 Å². The van der Waals surface area contributed by atoms with Crippen LogP contribution in [-0.2, 0) is 16.0 Å². The highest BCUT2D eigenvalue weighted by atomic mass is 16.2. The number of fused-ring (bicyclic) bond motifs is 1. The molecule has 2 aliphatic rings. The van der Waals surface area contributed by atoms with Crippen molar-refractivity contribution in [3.05, 3.63) is 59.7 Å². The Morgan fingerprint density at radius 3 is 2.52 bits per heavy atom. The van der Waals surface area contributed by atoms with E-state index >= 15 is 0 Å². The molecule has 29 heavy (non-hydrogen) atoms. The number of nitrogens with one attached hydrogen (secondary N) is 2. The van der Waals surface area contributed by atoms with Crippen molar-refractivity contribution in [2.75, 3.05) is 23.7 Å². The van der Waals surface area contributed by atoms with Gasteiger partial charge in [-0.05, 0) is 61.6 Å². The quantitative estimate of drug-likeness (QED) is 0.819. The molecule has 6 heteroatoms. The molecule has 0 aliphatic carbocycles. The molecule has 3 amide bonds. The van der Waals surface area contributed by atoms with Gasteiger partial charge in [-0.15, -0.1) is 0 Å². The number of para-hydroxylation sites is 1. The molecule has 2 aromatic rings. The smallest absolute Gasteiger partial charge is 0.253 e. The number of amides is 3. The van der Waals surface area contributed by atoms with Crippen molar-refractivity contribution < 1.29 is 14.4 Å². The second-order valence-corrected chi connectivity index (χ2v) is 7.71. The molecule has 0 saturated carbocycles. The molecule has 2 aliphatic heterocycles. The topological polar surface area (TPSA) is 78.5 Å². The summed E-state index contributed by atoms with van der Waals surface area (Å²) in [5, 5.41) is 5.77. The van der Waals surface area contributed by atoms with Crippen LogP contribution in [0.1, 0.15) is 41.6 Å². The van der Waals surface area contributed by atoms with Gasteiger partial charge in [-0.3, -0.25) is 14.4 Å². The Kier molecular flexibility index (Phi) is 5.60. The molecular formula is C23H25N3O3. The van der Waals surface area contributed by atoms with Crippen LogP contribution in [0.15, 0.2) is 48.5 Å². The third-order valence-electron chi connectivity index (χ3n) is 5.64. The number of anilines is 2. The zero-order valence-electron chi connectivity index (χ0n) is 16.3. The van der Waals surface area contributed by atoms with Crippen LogP contribution < -0.4 is 10.6 Å². The highest BCUT2D eigenvalue weighted by molar-refractivity contribution is 5.97. The number of hydrogen-bond donors (Lipinski definition) is 2. The largest absolute Gasteiger partial charge is 0.339 e.